The van der Waals surface area contributed by atoms with E-state index < -0.39 is 35.5 Å². The van der Waals surface area contributed by atoms with E-state index >= 15 is 0 Å². The molecule has 0 spiro atoms. The quantitative estimate of drug-likeness (QED) is 0.139. The van der Waals surface area contributed by atoms with Crippen molar-refractivity contribution in [3.63, 3.8) is 0 Å². The Balaban J connectivity index is 1.34. The molecule has 1 unspecified atom stereocenters. The molecule has 0 saturated carbocycles. The van der Waals surface area contributed by atoms with Crippen molar-refractivity contribution < 1.29 is 37.0 Å². The van der Waals surface area contributed by atoms with E-state index in [9.17, 15) is 32.3 Å². The average Bonchev–Trinajstić information content (AvgIpc) is 3.63. The minimum atomic E-state index is -4.42. The Morgan fingerprint density at radius 2 is 1.93 bits per heavy atom. The summed E-state index contributed by atoms with van der Waals surface area (Å²) in [6.45, 7) is 0.975. The SMILES string of the molecule is C#CCC1=C(C(=O)NCCCCOc2cc(F)cc(CC[C@H](O)CNCc3cccc(C(F)(F)F)c3)c2)C1C(N)=O. The van der Waals surface area contributed by atoms with Crippen LogP contribution < -0.4 is 21.1 Å². The van der Waals surface area contributed by atoms with Crippen LogP contribution in [0.5, 0.6) is 5.75 Å². The molecule has 2 aromatic rings. The van der Waals surface area contributed by atoms with Gasteiger partial charge < -0.3 is 26.2 Å². The van der Waals surface area contributed by atoms with E-state index in [-0.39, 0.29) is 32.0 Å². The zero-order valence-electron chi connectivity index (χ0n) is 22.4. The van der Waals surface area contributed by atoms with Crippen molar-refractivity contribution in [2.24, 2.45) is 11.7 Å². The number of nitrogens with one attached hydrogen (secondary N) is 2. The maximum absolute atomic E-state index is 14.1. The lowest BCUT2D eigenvalue weighted by atomic mass is 10.1. The molecule has 2 atom stereocenters. The number of carbonyl (C=O) groups excluding carboxylic acids is 2. The largest absolute Gasteiger partial charge is 0.493 e. The second kappa shape index (κ2) is 14.7. The van der Waals surface area contributed by atoms with E-state index in [0.29, 0.717) is 60.3 Å². The number of nitrogens with two attached hydrogens (primary N) is 1. The van der Waals surface area contributed by atoms with Crippen LogP contribution in [-0.4, -0.2) is 42.7 Å². The number of ether oxygens (including phenoxy) is 1. The Bertz CT molecular complexity index is 1300. The normalized spacial score (nSPS) is 15.3. The highest BCUT2D eigenvalue weighted by Crippen LogP contribution is 2.41. The number of halogens is 4. The molecule has 0 radical (unpaired) electrons. The topological polar surface area (TPSA) is 114 Å². The third-order valence-corrected chi connectivity index (χ3v) is 6.51. The molecule has 7 nitrogen and oxygen atoms in total. The molecule has 0 fully saturated rings. The first-order valence-electron chi connectivity index (χ1n) is 13.2. The number of primary amides is 1. The first-order valence-corrected chi connectivity index (χ1v) is 13.2. The van der Waals surface area contributed by atoms with Crippen LogP contribution in [0.15, 0.2) is 53.6 Å². The van der Waals surface area contributed by atoms with Gasteiger partial charge in [-0.1, -0.05) is 18.2 Å². The zero-order chi connectivity index (χ0) is 30.0. The fraction of sp³-hybridized carbons (Fsp3) is 0.400. The summed E-state index contributed by atoms with van der Waals surface area (Å²) in [5.41, 5.74) is 6.57. The molecule has 0 aromatic heterocycles. The summed E-state index contributed by atoms with van der Waals surface area (Å²) in [6, 6.07) is 9.27. The van der Waals surface area contributed by atoms with Crippen molar-refractivity contribution in [1.82, 2.24) is 10.6 Å². The molecule has 220 valence electrons. The molecular formula is C30H33F4N3O4. The van der Waals surface area contributed by atoms with E-state index in [0.717, 1.165) is 12.1 Å². The minimum absolute atomic E-state index is 0.164. The number of alkyl halides is 3. The fourth-order valence-corrected chi connectivity index (χ4v) is 4.40. The average molecular weight is 576 g/mol. The number of terminal acetylenes is 1. The van der Waals surface area contributed by atoms with Crippen LogP contribution in [0.4, 0.5) is 17.6 Å². The van der Waals surface area contributed by atoms with E-state index in [1.165, 1.54) is 18.2 Å². The Kier molecular flexibility index (Phi) is 11.3. The van der Waals surface area contributed by atoms with Crippen LogP contribution in [-0.2, 0) is 28.7 Å². The molecular weight excluding hydrogens is 542 g/mol. The molecule has 11 heteroatoms. The first-order chi connectivity index (χ1) is 19.5. The van der Waals surface area contributed by atoms with Gasteiger partial charge in [0.15, 0.2) is 0 Å². The number of amides is 2. The third kappa shape index (κ3) is 9.92. The summed E-state index contributed by atoms with van der Waals surface area (Å²) in [6.07, 6.45) is 2.12. The van der Waals surface area contributed by atoms with Gasteiger partial charge in [0.2, 0.25) is 11.8 Å². The number of hydrogen-bond acceptors (Lipinski definition) is 5. The highest BCUT2D eigenvalue weighted by Gasteiger charge is 2.44. The molecule has 5 N–H and O–H groups in total. The Morgan fingerprint density at radius 3 is 2.63 bits per heavy atom. The first kappa shape index (κ1) is 31.6. The molecule has 0 saturated heterocycles. The number of aryl methyl sites for hydroxylation is 1. The molecule has 41 heavy (non-hydrogen) atoms. The van der Waals surface area contributed by atoms with E-state index in [2.05, 4.69) is 16.6 Å². The van der Waals surface area contributed by atoms with Crippen LogP contribution in [0, 0.1) is 24.1 Å². The maximum Gasteiger partial charge on any atom is 0.416 e. The Labute approximate surface area is 236 Å². The van der Waals surface area contributed by atoms with Crippen LogP contribution in [0.25, 0.3) is 0 Å². The second-order valence-corrected chi connectivity index (χ2v) is 9.78. The number of benzene rings is 2. The van der Waals surface area contributed by atoms with Gasteiger partial charge in [-0.25, -0.2) is 4.39 Å². The number of aliphatic hydroxyl groups excluding tert-OH is 1. The summed E-state index contributed by atoms with van der Waals surface area (Å²) < 4.78 is 58.3. The lowest BCUT2D eigenvalue weighted by molar-refractivity contribution is -0.137. The van der Waals surface area contributed by atoms with Gasteiger partial charge in [-0.05, 0) is 60.6 Å². The zero-order valence-corrected chi connectivity index (χ0v) is 22.4. The van der Waals surface area contributed by atoms with Gasteiger partial charge in [0.1, 0.15) is 11.6 Å². The van der Waals surface area contributed by atoms with Gasteiger partial charge in [-0.15, -0.1) is 12.3 Å². The highest BCUT2D eigenvalue weighted by molar-refractivity contribution is 6.09. The van der Waals surface area contributed by atoms with Gasteiger partial charge in [0.05, 0.1) is 24.2 Å². The van der Waals surface area contributed by atoms with Crippen molar-refractivity contribution in [3.05, 3.63) is 76.1 Å². The molecule has 2 amide bonds. The highest BCUT2D eigenvalue weighted by atomic mass is 19.4. The standard InChI is InChI=1S/C30H33F4N3O4/c1-2-6-25-26(28(35)39)27(25)29(40)37-11-3-4-12-41-24-15-19(14-22(31)16-24)9-10-23(38)18-36-17-20-7-5-8-21(13-20)30(32,33)34/h1,5,7-8,13-16,23,26,36,38H,3-4,6,9-12,17-18H2,(H2,35,39)(H,37,40)/t23-,26?/m0/s1. The van der Waals surface area contributed by atoms with Crippen LogP contribution in [0.3, 0.4) is 0 Å². The number of carbonyl (C=O) groups is 2. The van der Waals surface area contributed by atoms with Gasteiger partial charge in [0.25, 0.3) is 0 Å². The Morgan fingerprint density at radius 1 is 1.15 bits per heavy atom. The number of aliphatic hydroxyl groups is 1. The molecule has 0 bridgehead atoms. The predicted octanol–water partition coefficient (Wildman–Crippen LogP) is 3.64. The predicted molar refractivity (Wildman–Crippen MR) is 145 cm³/mol. The summed E-state index contributed by atoms with van der Waals surface area (Å²) in [7, 11) is 0. The summed E-state index contributed by atoms with van der Waals surface area (Å²) in [4.78, 5) is 23.6. The third-order valence-electron chi connectivity index (χ3n) is 6.51. The van der Waals surface area contributed by atoms with Crippen molar-refractivity contribution in [2.45, 2.75) is 50.9 Å². The second-order valence-electron chi connectivity index (χ2n) is 9.78. The van der Waals surface area contributed by atoms with Crippen molar-refractivity contribution in [1.29, 1.82) is 0 Å². The maximum atomic E-state index is 14.1. The molecule has 2 aromatic carbocycles. The monoisotopic (exact) mass is 575 g/mol. The molecule has 0 heterocycles. The van der Waals surface area contributed by atoms with Crippen LogP contribution >= 0.6 is 0 Å². The van der Waals surface area contributed by atoms with Gasteiger partial charge >= 0.3 is 6.18 Å². The minimum Gasteiger partial charge on any atom is -0.493 e. The van der Waals surface area contributed by atoms with Crippen LogP contribution in [0.1, 0.15) is 42.4 Å². The van der Waals surface area contributed by atoms with Crippen molar-refractivity contribution in [2.75, 3.05) is 19.7 Å². The van der Waals surface area contributed by atoms with Gasteiger partial charge in [0, 0.05) is 37.7 Å². The summed E-state index contributed by atoms with van der Waals surface area (Å²) >= 11 is 0. The van der Waals surface area contributed by atoms with Gasteiger partial charge in [-0.3, -0.25) is 9.59 Å². The lowest BCUT2D eigenvalue weighted by Gasteiger charge is -2.14. The Hall–Kier alpha value is -3.88. The molecule has 0 aliphatic heterocycles. The molecule has 1 aliphatic carbocycles. The van der Waals surface area contributed by atoms with E-state index in [1.807, 2.05) is 0 Å². The van der Waals surface area contributed by atoms with Gasteiger partial charge in [-0.2, -0.15) is 13.2 Å². The lowest BCUT2D eigenvalue weighted by Crippen LogP contribution is -2.27. The molecule has 1 aliphatic rings. The fourth-order valence-electron chi connectivity index (χ4n) is 4.40. The van der Waals surface area contributed by atoms with Crippen molar-refractivity contribution >= 4 is 11.8 Å². The number of rotatable bonds is 16. The summed E-state index contributed by atoms with van der Waals surface area (Å²) in [5.74, 6) is 0.632. The smallest absolute Gasteiger partial charge is 0.416 e. The van der Waals surface area contributed by atoms with E-state index in [1.54, 1.807) is 12.1 Å². The number of unbranched alkanes of at least 4 members (excludes halogenated alkanes) is 1. The molecule has 3 rings (SSSR count). The number of hydrogen-bond donors (Lipinski definition) is 4. The van der Waals surface area contributed by atoms with E-state index in [4.69, 9.17) is 16.9 Å². The van der Waals surface area contributed by atoms with Crippen LogP contribution in [0.2, 0.25) is 0 Å². The summed E-state index contributed by atoms with van der Waals surface area (Å²) in [5, 5.41) is 15.9. The van der Waals surface area contributed by atoms with Crippen molar-refractivity contribution in [3.8, 4) is 18.1 Å².